The molecule has 1 atom stereocenters. The van der Waals surface area contributed by atoms with Crippen molar-refractivity contribution in [2.24, 2.45) is 0 Å². The van der Waals surface area contributed by atoms with Gasteiger partial charge in [-0.1, -0.05) is 66.6 Å². The van der Waals surface area contributed by atoms with Crippen molar-refractivity contribution in [2.75, 3.05) is 6.54 Å². The number of benzene rings is 2. The fourth-order valence-electron chi connectivity index (χ4n) is 2.47. The van der Waals surface area contributed by atoms with E-state index in [1.807, 2.05) is 0 Å². The maximum absolute atomic E-state index is 3.68. The molecule has 0 amide bonds. The van der Waals surface area contributed by atoms with Gasteiger partial charge in [-0.25, -0.2) is 0 Å². The molecule has 0 bridgehead atoms. The van der Waals surface area contributed by atoms with Gasteiger partial charge in [0.05, 0.1) is 0 Å². The molecule has 0 saturated heterocycles. The smallest absolute Gasteiger partial charge is 0.0360 e. The van der Waals surface area contributed by atoms with Gasteiger partial charge in [0, 0.05) is 6.04 Å². The molecular weight excluding hydrogens is 242 g/mol. The molecule has 0 aliphatic rings. The highest BCUT2D eigenvalue weighted by molar-refractivity contribution is 5.28. The Hall–Kier alpha value is -1.60. The molecule has 106 valence electrons. The zero-order chi connectivity index (χ0) is 14.4. The average molecular weight is 267 g/mol. The maximum Gasteiger partial charge on any atom is 0.0360 e. The molecule has 0 aliphatic carbocycles. The molecule has 1 nitrogen and oxygen atoms in total. The fourth-order valence-corrected chi connectivity index (χ4v) is 2.47. The highest BCUT2D eigenvalue weighted by atomic mass is 14.9. The SMILES string of the molecule is CCCNC(Cc1ccc(C)cc1)c1cccc(C)c1. The van der Waals surface area contributed by atoms with E-state index in [2.05, 4.69) is 74.6 Å². The van der Waals surface area contributed by atoms with Crippen LogP contribution in [0.1, 0.15) is 41.6 Å². The Balaban J connectivity index is 2.16. The zero-order valence-electron chi connectivity index (χ0n) is 12.8. The van der Waals surface area contributed by atoms with Crippen LogP contribution in [0.2, 0.25) is 0 Å². The first-order valence-corrected chi connectivity index (χ1v) is 7.54. The Bertz CT molecular complexity index is 528. The minimum Gasteiger partial charge on any atom is -0.310 e. The molecular formula is C19H25N. The van der Waals surface area contributed by atoms with E-state index >= 15 is 0 Å². The highest BCUT2D eigenvalue weighted by Gasteiger charge is 2.11. The van der Waals surface area contributed by atoms with Gasteiger partial charge in [-0.3, -0.25) is 0 Å². The Labute approximate surface area is 123 Å². The minimum absolute atomic E-state index is 0.401. The van der Waals surface area contributed by atoms with Crippen LogP contribution in [0.5, 0.6) is 0 Å². The first-order chi connectivity index (χ1) is 9.69. The monoisotopic (exact) mass is 267 g/mol. The molecule has 2 aromatic rings. The molecule has 20 heavy (non-hydrogen) atoms. The van der Waals surface area contributed by atoms with Gasteiger partial charge < -0.3 is 5.32 Å². The van der Waals surface area contributed by atoms with E-state index in [1.165, 1.54) is 22.3 Å². The van der Waals surface area contributed by atoms with E-state index in [9.17, 15) is 0 Å². The van der Waals surface area contributed by atoms with Crippen LogP contribution < -0.4 is 5.32 Å². The van der Waals surface area contributed by atoms with Crippen LogP contribution in [0, 0.1) is 13.8 Å². The summed E-state index contributed by atoms with van der Waals surface area (Å²) in [6, 6.07) is 18.1. The molecule has 0 spiro atoms. The molecule has 0 radical (unpaired) electrons. The molecule has 1 N–H and O–H groups in total. The lowest BCUT2D eigenvalue weighted by molar-refractivity contribution is 0.529. The Kier molecular flexibility index (Phi) is 5.37. The van der Waals surface area contributed by atoms with E-state index in [0.29, 0.717) is 6.04 Å². The van der Waals surface area contributed by atoms with Gasteiger partial charge in [0.25, 0.3) is 0 Å². The lowest BCUT2D eigenvalue weighted by Gasteiger charge is -2.20. The summed E-state index contributed by atoms with van der Waals surface area (Å²) in [5.41, 5.74) is 5.43. The van der Waals surface area contributed by atoms with Crippen LogP contribution in [0.4, 0.5) is 0 Å². The van der Waals surface area contributed by atoms with E-state index in [0.717, 1.165) is 19.4 Å². The van der Waals surface area contributed by atoms with Crippen molar-refractivity contribution < 1.29 is 0 Å². The summed E-state index contributed by atoms with van der Waals surface area (Å²) in [7, 11) is 0. The zero-order valence-corrected chi connectivity index (χ0v) is 12.8. The number of hydrogen-bond donors (Lipinski definition) is 1. The van der Waals surface area contributed by atoms with E-state index in [1.54, 1.807) is 0 Å². The van der Waals surface area contributed by atoms with E-state index < -0.39 is 0 Å². The Morgan fingerprint density at radius 1 is 0.950 bits per heavy atom. The summed E-state index contributed by atoms with van der Waals surface area (Å²) in [6.45, 7) is 7.57. The van der Waals surface area contributed by atoms with Crippen molar-refractivity contribution in [1.82, 2.24) is 5.32 Å². The molecule has 0 aromatic heterocycles. The van der Waals surface area contributed by atoms with Crippen LogP contribution >= 0.6 is 0 Å². The predicted octanol–water partition coefficient (Wildman–Crippen LogP) is 4.59. The van der Waals surface area contributed by atoms with Crippen LogP contribution in [0.3, 0.4) is 0 Å². The summed E-state index contributed by atoms with van der Waals surface area (Å²) >= 11 is 0. The second-order valence-electron chi connectivity index (χ2n) is 5.61. The van der Waals surface area contributed by atoms with Gasteiger partial charge >= 0.3 is 0 Å². The summed E-state index contributed by atoms with van der Waals surface area (Å²) < 4.78 is 0. The van der Waals surface area contributed by atoms with Crippen molar-refractivity contribution in [3.05, 3.63) is 70.8 Å². The normalized spacial score (nSPS) is 12.3. The third-order valence-electron chi connectivity index (χ3n) is 3.65. The lowest BCUT2D eigenvalue weighted by atomic mass is 9.97. The lowest BCUT2D eigenvalue weighted by Crippen LogP contribution is -2.24. The number of rotatable bonds is 6. The van der Waals surface area contributed by atoms with Crippen LogP contribution in [-0.2, 0) is 6.42 Å². The van der Waals surface area contributed by atoms with Gasteiger partial charge in [-0.15, -0.1) is 0 Å². The van der Waals surface area contributed by atoms with Crippen LogP contribution in [-0.4, -0.2) is 6.54 Å². The number of hydrogen-bond acceptors (Lipinski definition) is 1. The Morgan fingerprint density at radius 2 is 1.70 bits per heavy atom. The maximum atomic E-state index is 3.68. The predicted molar refractivity (Wildman–Crippen MR) is 87.1 cm³/mol. The molecule has 0 saturated carbocycles. The van der Waals surface area contributed by atoms with Crippen molar-refractivity contribution in [2.45, 2.75) is 39.7 Å². The van der Waals surface area contributed by atoms with Crippen LogP contribution in [0.15, 0.2) is 48.5 Å². The van der Waals surface area contributed by atoms with Crippen molar-refractivity contribution in [3.63, 3.8) is 0 Å². The first kappa shape index (κ1) is 14.8. The summed E-state index contributed by atoms with van der Waals surface area (Å²) in [5.74, 6) is 0. The largest absolute Gasteiger partial charge is 0.310 e. The number of nitrogens with one attached hydrogen (secondary N) is 1. The fraction of sp³-hybridized carbons (Fsp3) is 0.368. The van der Waals surface area contributed by atoms with E-state index in [4.69, 9.17) is 0 Å². The standard InChI is InChI=1S/C19H25N/c1-4-12-20-19(18-7-5-6-16(3)13-18)14-17-10-8-15(2)9-11-17/h5-11,13,19-20H,4,12,14H2,1-3H3. The number of aryl methyl sites for hydroxylation is 2. The molecule has 1 unspecified atom stereocenters. The van der Waals surface area contributed by atoms with Gasteiger partial charge in [-0.05, 0) is 44.4 Å². The summed E-state index contributed by atoms with van der Waals surface area (Å²) in [4.78, 5) is 0. The minimum atomic E-state index is 0.401. The molecule has 2 rings (SSSR count). The Morgan fingerprint density at radius 3 is 2.35 bits per heavy atom. The van der Waals surface area contributed by atoms with Gasteiger partial charge in [-0.2, -0.15) is 0 Å². The molecule has 1 heteroatoms. The summed E-state index contributed by atoms with van der Waals surface area (Å²) in [5, 5.41) is 3.68. The molecule has 2 aromatic carbocycles. The third-order valence-corrected chi connectivity index (χ3v) is 3.65. The van der Waals surface area contributed by atoms with Crippen molar-refractivity contribution in [3.8, 4) is 0 Å². The second-order valence-corrected chi connectivity index (χ2v) is 5.61. The molecule has 0 aliphatic heterocycles. The quantitative estimate of drug-likeness (QED) is 0.807. The third kappa shape index (κ3) is 4.21. The summed E-state index contributed by atoms with van der Waals surface area (Å²) in [6.07, 6.45) is 2.21. The van der Waals surface area contributed by atoms with Crippen molar-refractivity contribution >= 4 is 0 Å². The van der Waals surface area contributed by atoms with Gasteiger partial charge in [0.1, 0.15) is 0 Å². The van der Waals surface area contributed by atoms with Crippen molar-refractivity contribution in [1.29, 1.82) is 0 Å². The topological polar surface area (TPSA) is 12.0 Å². The van der Waals surface area contributed by atoms with E-state index in [-0.39, 0.29) is 0 Å². The van der Waals surface area contributed by atoms with Gasteiger partial charge in [0.15, 0.2) is 0 Å². The highest BCUT2D eigenvalue weighted by Crippen LogP contribution is 2.20. The molecule has 0 heterocycles. The van der Waals surface area contributed by atoms with Gasteiger partial charge in [0.2, 0.25) is 0 Å². The van der Waals surface area contributed by atoms with Crippen LogP contribution in [0.25, 0.3) is 0 Å². The first-order valence-electron chi connectivity index (χ1n) is 7.54. The average Bonchev–Trinajstić information content (AvgIpc) is 2.45. The second kappa shape index (κ2) is 7.25. The molecule has 0 fully saturated rings.